The van der Waals surface area contributed by atoms with Crippen molar-refractivity contribution < 1.29 is 19.0 Å². The van der Waals surface area contributed by atoms with Gasteiger partial charge in [-0.3, -0.25) is 21.1 Å². The van der Waals surface area contributed by atoms with Crippen LogP contribution in [0, 0.1) is 5.41 Å². The molecule has 1 aliphatic rings. The number of guanidine groups is 1. The Kier molecular flexibility index (Phi) is 9.31. The van der Waals surface area contributed by atoms with Crippen molar-refractivity contribution in [3.63, 3.8) is 0 Å². The summed E-state index contributed by atoms with van der Waals surface area (Å²) in [5.74, 6) is -1.79. The number of amidine groups is 1. The number of hydrazine groups is 1. The van der Waals surface area contributed by atoms with E-state index in [0.29, 0.717) is 54.8 Å². The average Bonchev–Trinajstić information content (AvgIpc) is 2.94. The lowest BCUT2D eigenvalue weighted by molar-refractivity contribution is 0.0678. The summed E-state index contributed by atoms with van der Waals surface area (Å²) in [7, 11) is 0. The normalized spacial score (nSPS) is 13.5. The smallest absolute Gasteiger partial charge is 0.288 e. The van der Waals surface area contributed by atoms with Gasteiger partial charge in [0.15, 0.2) is 11.7 Å². The molecule has 208 valence electrons. The molecule has 3 aromatic rings. The van der Waals surface area contributed by atoms with Crippen LogP contribution < -0.4 is 16.2 Å². The van der Waals surface area contributed by atoms with Gasteiger partial charge in [0.2, 0.25) is 5.96 Å². The molecular formula is C28H29ClFN7O3. The van der Waals surface area contributed by atoms with Gasteiger partial charge in [-0.15, -0.1) is 0 Å². The average molecular weight is 566 g/mol. The van der Waals surface area contributed by atoms with Crippen molar-refractivity contribution in [2.75, 3.05) is 31.6 Å². The van der Waals surface area contributed by atoms with Crippen molar-refractivity contribution in [2.24, 2.45) is 4.99 Å². The van der Waals surface area contributed by atoms with Crippen LogP contribution in [0.15, 0.2) is 72.0 Å². The van der Waals surface area contributed by atoms with E-state index in [1.807, 2.05) is 19.1 Å². The van der Waals surface area contributed by atoms with Crippen LogP contribution in [0.2, 0.25) is 5.02 Å². The van der Waals surface area contributed by atoms with Gasteiger partial charge in [-0.1, -0.05) is 37.2 Å². The molecule has 0 saturated carbocycles. The molecule has 4 rings (SSSR count). The largest absolute Gasteiger partial charge is 0.508 e. The Labute approximate surface area is 236 Å². The number of aryl methyl sites for hydroxylation is 1. The number of ether oxygens (including phenoxy) is 1. The van der Waals surface area contributed by atoms with Gasteiger partial charge >= 0.3 is 0 Å². The van der Waals surface area contributed by atoms with Gasteiger partial charge in [0.05, 0.1) is 24.6 Å². The van der Waals surface area contributed by atoms with Crippen molar-refractivity contribution in [1.29, 1.82) is 5.41 Å². The molecule has 0 radical (unpaired) electrons. The minimum absolute atomic E-state index is 0.0925. The number of halogens is 2. The van der Waals surface area contributed by atoms with Crippen LogP contribution in [0.5, 0.6) is 5.75 Å². The Bertz CT molecular complexity index is 1460. The number of carbonyl (C=O) groups is 1. The molecule has 5 N–H and O–H groups in total. The van der Waals surface area contributed by atoms with Crippen molar-refractivity contribution in [2.45, 2.75) is 13.3 Å². The SMILES string of the molecule is C=C(F)/C(=N\C(=N)NNC(=O)c1ccc(Nc2cc(Cl)cc(-c3cccc(O)c3)c2)c(CC)n1)N1CCOCC1. The molecule has 1 amide bonds. The van der Waals surface area contributed by atoms with Crippen LogP contribution in [0.3, 0.4) is 0 Å². The molecule has 0 spiro atoms. The number of rotatable bonds is 6. The predicted molar refractivity (Wildman–Crippen MR) is 154 cm³/mol. The fourth-order valence-electron chi connectivity index (χ4n) is 4.07. The number of nitrogens with one attached hydrogen (secondary N) is 4. The van der Waals surface area contributed by atoms with Crippen LogP contribution >= 0.6 is 11.6 Å². The van der Waals surface area contributed by atoms with Crippen LogP contribution in [0.25, 0.3) is 11.1 Å². The van der Waals surface area contributed by atoms with Gasteiger partial charge in [-0.2, -0.15) is 4.99 Å². The summed E-state index contributed by atoms with van der Waals surface area (Å²) in [5, 5.41) is 21.6. The van der Waals surface area contributed by atoms with Gasteiger partial charge in [0.25, 0.3) is 5.91 Å². The molecule has 1 aromatic heterocycles. The number of aromatic hydroxyl groups is 1. The zero-order chi connectivity index (χ0) is 28.6. The first-order chi connectivity index (χ1) is 19.2. The van der Waals surface area contributed by atoms with E-state index in [-0.39, 0.29) is 17.3 Å². The minimum atomic E-state index is -0.786. The molecule has 0 aliphatic carbocycles. The highest BCUT2D eigenvalue weighted by Crippen LogP contribution is 2.31. The number of morpholine rings is 1. The van der Waals surface area contributed by atoms with Crippen LogP contribution in [-0.2, 0) is 11.2 Å². The summed E-state index contributed by atoms with van der Waals surface area (Å²) < 4.78 is 19.2. The lowest BCUT2D eigenvalue weighted by atomic mass is 10.0. The monoisotopic (exact) mass is 565 g/mol. The fraction of sp³-hybridized carbons (Fsp3) is 0.214. The zero-order valence-corrected chi connectivity index (χ0v) is 22.6. The minimum Gasteiger partial charge on any atom is -0.508 e. The van der Waals surface area contributed by atoms with Crippen molar-refractivity contribution >= 4 is 40.7 Å². The van der Waals surface area contributed by atoms with Crippen LogP contribution in [0.1, 0.15) is 23.1 Å². The molecule has 0 atom stereocenters. The molecule has 40 heavy (non-hydrogen) atoms. The van der Waals surface area contributed by atoms with Crippen LogP contribution in [-0.4, -0.2) is 59.0 Å². The lowest BCUT2D eigenvalue weighted by Crippen LogP contribution is -2.44. The number of hydrogen-bond donors (Lipinski definition) is 5. The first kappa shape index (κ1) is 28.5. The summed E-state index contributed by atoms with van der Waals surface area (Å²) >= 11 is 6.36. The van der Waals surface area contributed by atoms with E-state index in [1.54, 1.807) is 41.3 Å². The molecule has 2 heterocycles. The van der Waals surface area contributed by atoms with E-state index in [9.17, 15) is 14.3 Å². The summed E-state index contributed by atoms with van der Waals surface area (Å²) in [6, 6.07) is 15.6. The lowest BCUT2D eigenvalue weighted by Gasteiger charge is -2.28. The standard InChI is InChI=1S/C28H29ClFN7O3/c1-3-23-24(32-21-14-19(13-20(29)16-21)18-5-4-6-22(38)15-18)7-8-25(33-23)27(39)35-36-28(31)34-26(17(2)30)37-9-11-40-12-10-37/h4-8,13-16,32,38H,2-3,9-12H2,1H3,(H2,31,36)(H,35,39)/b34-26+. The second-order valence-electron chi connectivity index (χ2n) is 8.82. The third-order valence-corrected chi connectivity index (χ3v) is 6.18. The highest BCUT2D eigenvalue weighted by atomic mass is 35.5. The summed E-state index contributed by atoms with van der Waals surface area (Å²) in [5.41, 5.74) is 8.50. The second kappa shape index (κ2) is 13.0. The number of benzene rings is 2. The van der Waals surface area contributed by atoms with Gasteiger partial charge in [0.1, 0.15) is 11.4 Å². The number of hydrogen-bond acceptors (Lipinski definition) is 6. The van der Waals surface area contributed by atoms with E-state index in [0.717, 1.165) is 11.1 Å². The maximum atomic E-state index is 13.9. The second-order valence-corrected chi connectivity index (χ2v) is 9.25. The third-order valence-electron chi connectivity index (χ3n) is 5.96. The quantitative estimate of drug-likeness (QED) is 0.165. The molecule has 0 unspecified atom stereocenters. The number of carbonyl (C=O) groups excluding carboxylic acids is 1. The zero-order valence-electron chi connectivity index (χ0n) is 21.8. The number of aromatic nitrogens is 1. The molecular weight excluding hydrogens is 537 g/mol. The third kappa shape index (κ3) is 7.33. The van der Waals surface area contributed by atoms with E-state index in [4.69, 9.17) is 21.7 Å². The van der Waals surface area contributed by atoms with Gasteiger partial charge in [0, 0.05) is 23.8 Å². The van der Waals surface area contributed by atoms with Gasteiger partial charge in [-0.25, -0.2) is 9.37 Å². The van der Waals surface area contributed by atoms with Gasteiger partial charge < -0.3 is 20.1 Å². The molecule has 12 heteroatoms. The topological polar surface area (TPSA) is 135 Å². The Morgan fingerprint density at radius 3 is 2.65 bits per heavy atom. The Balaban J connectivity index is 1.44. The van der Waals surface area contributed by atoms with Crippen molar-refractivity contribution in [3.05, 3.63) is 83.4 Å². The molecule has 1 saturated heterocycles. The molecule has 10 nitrogen and oxygen atoms in total. The Hall–Kier alpha value is -4.48. The highest BCUT2D eigenvalue weighted by molar-refractivity contribution is 6.31. The number of nitrogens with zero attached hydrogens (tertiary/aromatic N) is 3. The number of phenols is 1. The molecule has 1 fully saturated rings. The van der Waals surface area contributed by atoms with Crippen LogP contribution in [0.4, 0.5) is 15.8 Å². The van der Waals surface area contributed by atoms with E-state index < -0.39 is 17.7 Å². The summed E-state index contributed by atoms with van der Waals surface area (Å²) in [4.78, 5) is 22.7. The number of phenolic OH excluding ortho intramolecular Hbond substituents is 1. The van der Waals surface area contributed by atoms with Gasteiger partial charge in [-0.05, 0) is 60.0 Å². The van der Waals surface area contributed by atoms with E-state index in [1.165, 1.54) is 6.07 Å². The molecule has 1 aliphatic heterocycles. The maximum absolute atomic E-state index is 13.9. The molecule has 0 bridgehead atoms. The Morgan fingerprint density at radius 1 is 1.18 bits per heavy atom. The number of pyridine rings is 1. The summed E-state index contributed by atoms with van der Waals surface area (Å²) in [6.45, 7) is 6.85. The number of amides is 1. The van der Waals surface area contributed by atoms with Crippen molar-refractivity contribution in [1.82, 2.24) is 20.7 Å². The van der Waals surface area contributed by atoms with E-state index >= 15 is 0 Å². The van der Waals surface area contributed by atoms with Crippen molar-refractivity contribution in [3.8, 4) is 16.9 Å². The molecule has 2 aromatic carbocycles. The fourth-order valence-corrected chi connectivity index (χ4v) is 4.31. The van der Waals surface area contributed by atoms with E-state index in [2.05, 4.69) is 32.7 Å². The first-order valence-corrected chi connectivity index (χ1v) is 12.9. The Morgan fingerprint density at radius 2 is 1.95 bits per heavy atom. The summed E-state index contributed by atoms with van der Waals surface area (Å²) in [6.07, 6.45) is 0.526. The first-order valence-electron chi connectivity index (χ1n) is 12.5. The predicted octanol–water partition coefficient (Wildman–Crippen LogP) is 4.80. The number of anilines is 2. The number of aliphatic imine (C=N–C) groups is 1. The highest BCUT2D eigenvalue weighted by Gasteiger charge is 2.19. The maximum Gasteiger partial charge on any atom is 0.288 e.